The summed E-state index contributed by atoms with van der Waals surface area (Å²) in [5, 5.41) is 9.67. The van der Waals surface area contributed by atoms with Crippen molar-refractivity contribution in [3.05, 3.63) is 29.6 Å². The molecule has 1 aromatic rings. The lowest BCUT2D eigenvalue weighted by molar-refractivity contribution is -0.137. The standard InChI is InChI=1S/C19H25FN2O3/c1-12-9-16(3-4-17(12)20)22-11-15(10-18(22)24)19(25)21-7-5-14(6-8-21)13(2)23/h3-4,9,13-15,23H,5-8,10-11H2,1-2H3. The molecule has 5 nitrogen and oxygen atoms in total. The number of carbonyl (C=O) groups excluding carboxylic acids is 2. The summed E-state index contributed by atoms with van der Waals surface area (Å²) >= 11 is 0. The van der Waals surface area contributed by atoms with E-state index >= 15 is 0 Å². The molecule has 2 aliphatic rings. The Labute approximate surface area is 147 Å². The van der Waals surface area contributed by atoms with Gasteiger partial charge in [0.25, 0.3) is 0 Å². The van der Waals surface area contributed by atoms with Crippen LogP contribution in [0.2, 0.25) is 0 Å². The average molecular weight is 348 g/mol. The summed E-state index contributed by atoms with van der Waals surface area (Å²) in [7, 11) is 0. The van der Waals surface area contributed by atoms with Crippen molar-refractivity contribution in [1.82, 2.24) is 4.90 Å². The van der Waals surface area contributed by atoms with Crippen LogP contribution in [0.1, 0.15) is 31.7 Å². The number of anilines is 1. The zero-order valence-electron chi connectivity index (χ0n) is 14.7. The number of hydrogen-bond acceptors (Lipinski definition) is 3. The van der Waals surface area contributed by atoms with E-state index in [0.717, 1.165) is 12.8 Å². The van der Waals surface area contributed by atoms with Gasteiger partial charge < -0.3 is 14.9 Å². The molecule has 1 aromatic carbocycles. The Balaban J connectivity index is 1.64. The van der Waals surface area contributed by atoms with Crippen LogP contribution in [-0.4, -0.2) is 47.6 Å². The normalized spacial score (nSPS) is 23.2. The highest BCUT2D eigenvalue weighted by Crippen LogP contribution is 2.29. The van der Waals surface area contributed by atoms with Crippen LogP contribution in [0, 0.1) is 24.6 Å². The van der Waals surface area contributed by atoms with Gasteiger partial charge >= 0.3 is 0 Å². The number of aliphatic hydroxyl groups excluding tert-OH is 1. The first-order valence-electron chi connectivity index (χ1n) is 8.90. The van der Waals surface area contributed by atoms with E-state index in [9.17, 15) is 19.1 Å². The Kier molecular flexibility index (Phi) is 5.08. The third-order valence-corrected chi connectivity index (χ3v) is 5.46. The van der Waals surface area contributed by atoms with Gasteiger partial charge in [0.05, 0.1) is 12.0 Å². The highest BCUT2D eigenvalue weighted by Gasteiger charge is 2.38. The smallest absolute Gasteiger partial charge is 0.228 e. The number of halogens is 1. The minimum Gasteiger partial charge on any atom is -0.393 e. The lowest BCUT2D eigenvalue weighted by Crippen LogP contribution is -2.44. The fraction of sp³-hybridized carbons (Fsp3) is 0.579. The van der Waals surface area contributed by atoms with Gasteiger partial charge in [0.2, 0.25) is 11.8 Å². The summed E-state index contributed by atoms with van der Waals surface area (Å²) in [5.74, 6) is -0.486. The molecular formula is C19H25FN2O3. The van der Waals surface area contributed by atoms with Crippen LogP contribution in [0.15, 0.2) is 18.2 Å². The van der Waals surface area contributed by atoms with Crippen molar-refractivity contribution in [3.8, 4) is 0 Å². The fourth-order valence-corrected chi connectivity index (χ4v) is 3.78. The minimum atomic E-state index is -0.346. The fourth-order valence-electron chi connectivity index (χ4n) is 3.78. The number of rotatable bonds is 3. The van der Waals surface area contributed by atoms with Crippen LogP contribution in [0.3, 0.4) is 0 Å². The first-order valence-corrected chi connectivity index (χ1v) is 8.90. The second-order valence-corrected chi connectivity index (χ2v) is 7.24. The molecule has 1 N–H and O–H groups in total. The van der Waals surface area contributed by atoms with Gasteiger partial charge in [0.1, 0.15) is 5.82 Å². The molecular weight excluding hydrogens is 323 g/mol. The zero-order valence-corrected chi connectivity index (χ0v) is 14.7. The van der Waals surface area contributed by atoms with Crippen molar-refractivity contribution in [3.63, 3.8) is 0 Å². The molecule has 2 heterocycles. The zero-order chi connectivity index (χ0) is 18.1. The van der Waals surface area contributed by atoms with Crippen molar-refractivity contribution >= 4 is 17.5 Å². The first kappa shape index (κ1) is 17.9. The predicted octanol–water partition coefficient (Wildman–Crippen LogP) is 2.11. The molecule has 0 aromatic heterocycles. The number of piperidine rings is 1. The van der Waals surface area contributed by atoms with Gasteiger partial charge in [0.15, 0.2) is 0 Å². The van der Waals surface area contributed by atoms with Crippen LogP contribution >= 0.6 is 0 Å². The maximum absolute atomic E-state index is 13.4. The highest BCUT2D eigenvalue weighted by atomic mass is 19.1. The van der Waals surface area contributed by atoms with Gasteiger partial charge in [-0.25, -0.2) is 4.39 Å². The maximum Gasteiger partial charge on any atom is 0.228 e. The van der Waals surface area contributed by atoms with E-state index in [4.69, 9.17) is 0 Å². The number of aliphatic hydroxyl groups is 1. The van der Waals surface area contributed by atoms with Crippen molar-refractivity contribution in [2.45, 2.75) is 39.2 Å². The lowest BCUT2D eigenvalue weighted by Gasteiger charge is -2.34. The number of aryl methyl sites for hydroxylation is 1. The predicted molar refractivity (Wildman–Crippen MR) is 92.6 cm³/mol. The van der Waals surface area contributed by atoms with Gasteiger partial charge in [0, 0.05) is 31.7 Å². The molecule has 136 valence electrons. The van der Waals surface area contributed by atoms with Crippen molar-refractivity contribution in [2.75, 3.05) is 24.5 Å². The largest absolute Gasteiger partial charge is 0.393 e. The highest BCUT2D eigenvalue weighted by molar-refractivity contribution is 6.00. The number of likely N-dealkylation sites (tertiary alicyclic amines) is 1. The molecule has 0 spiro atoms. The Morgan fingerprint density at radius 1 is 1.32 bits per heavy atom. The SMILES string of the molecule is Cc1cc(N2CC(C(=O)N3CCC(C(C)O)CC3)CC2=O)ccc1F. The van der Waals surface area contributed by atoms with E-state index in [-0.39, 0.29) is 42.0 Å². The number of nitrogens with zero attached hydrogens (tertiary/aromatic N) is 2. The van der Waals surface area contributed by atoms with E-state index < -0.39 is 0 Å². The minimum absolute atomic E-state index is 0.0127. The Morgan fingerprint density at radius 2 is 2.00 bits per heavy atom. The van der Waals surface area contributed by atoms with Gasteiger partial charge in [-0.1, -0.05) is 0 Å². The molecule has 6 heteroatoms. The molecule has 25 heavy (non-hydrogen) atoms. The van der Waals surface area contributed by atoms with Gasteiger partial charge in [-0.3, -0.25) is 9.59 Å². The molecule has 0 radical (unpaired) electrons. The molecule has 2 saturated heterocycles. The molecule has 2 unspecified atom stereocenters. The van der Waals surface area contributed by atoms with E-state index in [0.29, 0.717) is 30.9 Å². The third kappa shape index (κ3) is 3.68. The maximum atomic E-state index is 13.4. The number of carbonyl (C=O) groups is 2. The summed E-state index contributed by atoms with van der Waals surface area (Å²) in [4.78, 5) is 28.5. The van der Waals surface area contributed by atoms with Crippen molar-refractivity contribution in [2.24, 2.45) is 11.8 Å². The Hall–Kier alpha value is -1.95. The first-order chi connectivity index (χ1) is 11.9. The summed E-state index contributed by atoms with van der Waals surface area (Å²) < 4.78 is 13.4. The topological polar surface area (TPSA) is 60.9 Å². The third-order valence-electron chi connectivity index (χ3n) is 5.46. The second-order valence-electron chi connectivity index (χ2n) is 7.24. The molecule has 2 aliphatic heterocycles. The van der Waals surface area contributed by atoms with Crippen molar-refractivity contribution in [1.29, 1.82) is 0 Å². The summed E-state index contributed by atoms with van der Waals surface area (Å²) in [6.07, 6.45) is 1.45. The van der Waals surface area contributed by atoms with Crippen molar-refractivity contribution < 1.29 is 19.1 Å². The number of benzene rings is 1. The number of hydrogen-bond donors (Lipinski definition) is 1. The summed E-state index contributed by atoms with van der Waals surface area (Å²) in [5.41, 5.74) is 1.13. The quantitative estimate of drug-likeness (QED) is 0.910. The molecule has 3 rings (SSSR count). The molecule has 0 aliphatic carbocycles. The number of amides is 2. The van der Waals surface area contributed by atoms with E-state index in [1.807, 2.05) is 4.90 Å². The summed E-state index contributed by atoms with van der Waals surface area (Å²) in [6.45, 7) is 5.07. The second kappa shape index (κ2) is 7.12. The molecule has 2 atom stereocenters. The lowest BCUT2D eigenvalue weighted by atomic mass is 9.91. The van der Waals surface area contributed by atoms with Crippen LogP contribution in [0.25, 0.3) is 0 Å². The van der Waals surface area contributed by atoms with E-state index in [1.54, 1.807) is 30.9 Å². The van der Waals surface area contributed by atoms with Crippen LogP contribution in [0.4, 0.5) is 10.1 Å². The van der Waals surface area contributed by atoms with Crippen LogP contribution in [0.5, 0.6) is 0 Å². The van der Waals surface area contributed by atoms with Gasteiger partial charge in [-0.15, -0.1) is 0 Å². The van der Waals surface area contributed by atoms with E-state index in [2.05, 4.69) is 0 Å². The van der Waals surface area contributed by atoms with Crippen LogP contribution < -0.4 is 4.90 Å². The Bertz CT molecular complexity index is 669. The average Bonchev–Trinajstić information content (AvgIpc) is 2.98. The molecule has 2 fully saturated rings. The molecule has 0 bridgehead atoms. The molecule has 2 amide bonds. The van der Waals surface area contributed by atoms with Crippen LogP contribution in [-0.2, 0) is 9.59 Å². The molecule has 0 saturated carbocycles. The monoisotopic (exact) mass is 348 g/mol. The Morgan fingerprint density at radius 3 is 2.60 bits per heavy atom. The van der Waals surface area contributed by atoms with Gasteiger partial charge in [-0.05, 0) is 56.4 Å². The van der Waals surface area contributed by atoms with E-state index in [1.165, 1.54) is 6.07 Å². The summed E-state index contributed by atoms with van der Waals surface area (Å²) in [6, 6.07) is 4.59. The van der Waals surface area contributed by atoms with Gasteiger partial charge in [-0.2, -0.15) is 0 Å².